The van der Waals surface area contributed by atoms with Crippen LogP contribution in [0.2, 0.25) is 0 Å². The molecule has 1 saturated carbocycles. The molecule has 1 aliphatic rings. The predicted molar refractivity (Wildman–Crippen MR) is 99.2 cm³/mol. The van der Waals surface area contributed by atoms with E-state index in [0.717, 1.165) is 29.1 Å². The van der Waals surface area contributed by atoms with Gasteiger partial charge in [0, 0.05) is 15.0 Å². The fourth-order valence-electron chi connectivity index (χ4n) is 2.97. The molecule has 0 aliphatic heterocycles. The van der Waals surface area contributed by atoms with Crippen LogP contribution in [0.4, 0.5) is 0 Å². The van der Waals surface area contributed by atoms with Crippen molar-refractivity contribution >= 4 is 34.2 Å². The van der Waals surface area contributed by atoms with Gasteiger partial charge in [-0.2, -0.15) is 12.6 Å². The van der Waals surface area contributed by atoms with Gasteiger partial charge in [-0.15, -0.1) is 0 Å². The van der Waals surface area contributed by atoms with Gasteiger partial charge in [-0.25, -0.2) is 8.42 Å². The summed E-state index contributed by atoms with van der Waals surface area (Å²) in [5, 5.41) is -0.117. The minimum Gasteiger partial charge on any atom is -0.223 e. The topological polar surface area (TPSA) is 34.1 Å². The number of sulfone groups is 1. The van der Waals surface area contributed by atoms with E-state index >= 15 is 0 Å². The van der Waals surface area contributed by atoms with Gasteiger partial charge in [0.25, 0.3) is 0 Å². The molecule has 2 aromatic rings. The van der Waals surface area contributed by atoms with Crippen molar-refractivity contribution in [2.45, 2.75) is 50.9 Å². The first-order chi connectivity index (χ1) is 11.1. The maximum absolute atomic E-state index is 13.1. The largest absolute Gasteiger partial charge is 0.223 e. The second-order valence-corrected chi connectivity index (χ2v) is 9.89. The van der Waals surface area contributed by atoms with Crippen molar-refractivity contribution in [2.24, 2.45) is 0 Å². The van der Waals surface area contributed by atoms with Crippen LogP contribution in [-0.4, -0.2) is 18.9 Å². The maximum atomic E-state index is 13.1. The zero-order valence-electron chi connectivity index (χ0n) is 12.8. The number of thiol groups is 1. The Kier molecular flexibility index (Phi) is 5.39. The van der Waals surface area contributed by atoms with Crippen molar-refractivity contribution in [2.75, 3.05) is 0 Å². The molecule has 2 aromatic carbocycles. The van der Waals surface area contributed by atoms with Crippen LogP contribution < -0.4 is 0 Å². The number of benzene rings is 2. The van der Waals surface area contributed by atoms with E-state index in [1.807, 2.05) is 48.5 Å². The van der Waals surface area contributed by atoms with Crippen molar-refractivity contribution in [3.63, 3.8) is 0 Å². The molecule has 0 heterocycles. The highest BCUT2D eigenvalue weighted by Crippen LogP contribution is 2.37. The minimum atomic E-state index is -3.32. The Hall–Kier alpha value is -0.910. The van der Waals surface area contributed by atoms with Gasteiger partial charge < -0.3 is 0 Å². The second kappa shape index (κ2) is 7.32. The van der Waals surface area contributed by atoms with E-state index in [0.29, 0.717) is 11.3 Å². The first-order valence-electron chi connectivity index (χ1n) is 7.81. The fraction of sp³-hybridized carbons (Fsp3) is 0.333. The van der Waals surface area contributed by atoms with Crippen molar-refractivity contribution in [1.82, 2.24) is 0 Å². The average molecular weight is 365 g/mol. The molecular formula is C18H20O2S3. The van der Waals surface area contributed by atoms with Crippen LogP contribution in [0.5, 0.6) is 0 Å². The first-order valence-corrected chi connectivity index (χ1v) is 10.7. The Morgan fingerprint density at radius 2 is 1.65 bits per heavy atom. The molecule has 2 nitrogen and oxygen atoms in total. The lowest BCUT2D eigenvalue weighted by molar-refractivity contribution is 0.493. The summed E-state index contributed by atoms with van der Waals surface area (Å²) in [4.78, 5) is 2.31. The maximum Gasteiger partial charge on any atom is 0.182 e. The first kappa shape index (κ1) is 16.9. The van der Waals surface area contributed by atoms with Gasteiger partial charge in [0.15, 0.2) is 9.84 Å². The van der Waals surface area contributed by atoms with Crippen molar-refractivity contribution in [3.8, 4) is 0 Å². The van der Waals surface area contributed by atoms with Crippen molar-refractivity contribution < 1.29 is 8.42 Å². The van der Waals surface area contributed by atoms with Gasteiger partial charge in [0.2, 0.25) is 0 Å². The molecule has 1 fully saturated rings. The molecule has 122 valence electrons. The molecule has 23 heavy (non-hydrogen) atoms. The summed E-state index contributed by atoms with van der Waals surface area (Å²) in [5.41, 5.74) is 0. The summed E-state index contributed by atoms with van der Waals surface area (Å²) < 4.78 is 26.2. The normalized spacial score (nSPS) is 22.0. The molecule has 0 spiro atoms. The lowest BCUT2D eigenvalue weighted by Gasteiger charge is -2.26. The summed E-state index contributed by atoms with van der Waals surface area (Å²) in [6, 6.07) is 17.2. The molecule has 0 aromatic heterocycles. The highest BCUT2D eigenvalue weighted by molar-refractivity contribution is 8.00. The van der Waals surface area contributed by atoms with Crippen LogP contribution in [0.25, 0.3) is 0 Å². The molecule has 0 amide bonds. The molecule has 0 N–H and O–H groups in total. The van der Waals surface area contributed by atoms with Gasteiger partial charge in [-0.1, -0.05) is 48.5 Å². The van der Waals surface area contributed by atoms with Crippen LogP contribution in [0.15, 0.2) is 69.3 Å². The molecule has 2 unspecified atom stereocenters. The quantitative estimate of drug-likeness (QED) is 0.787. The zero-order chi connectivity index (χ0) is 16.3. The molecule has 0 bridgehead atoms. The Bertz CT molecular complexity index is 757. The van der Waals surface area contributed by atoms with E-state index in [-0.39, 0.29) is 10.5 Å². The van der Waals surface area contributed by atoms with Gasteiger partial charge >= 0.3 is 0 Å². The minimum absolute atomic E-state index is 0.192. The highest BCUT2D eigenvalue weighted by atomic mass is 32.2. The highest BCUT2D eigenvalue weighted by Gasteiger charge is 2.33. The SMILES string of the molecule is O=S(=O)(c1ccccc1Sc1ccccc1)C1CCCC(S)C1. The van der Waals surface area contributed by atoms with E-state index in [9.17, 15) is 8.42 Å². The number of hydrogen-bond donors (Lipinski definition) is 1. The van der Waals surface area contributed by atoms with Crippen LogP contribution in [0, 0.1) is 0 Å². The fourth-order valence-corrected chi connectivity index (χ4v) is 6.82. The van der Waals surface area contributed by atoms with Gasteiger partial charge in [-0.05, 0) is 43.5 Å². The molecule has 1 aliphatic carbocycles. The van der Waals surface area contributed by atoms with E-state index in [4.69, 9.17) is 0 Å². The Morgan fingerprint density at radius 1 is 0.957 bits per heavy atom. The third-order valence-corrected chi connectivity index (χ3v) is 8.12. The summed E-state index contributed by atoms with van der Waals surface area (Å²) >= 11 is 6.01. The van der Waals surface area contributed by atoms with E-state index < -0.39 is 9.84 Å². The zero-order valence-corrected chi connectivity index (χ0v) is 15.3. The molecule has 2 atom stereocenters. The van der Waals surface area contributed by atoms with E-state index in [1.165, 1.54) is 11.8 Å². The molecular weight excluding hydrogens is 344 g/mol. The lowest BCUT2D eigenvalue weighted by Crippen LogP contribution is -2.29. The summed E-state index contributed by atoms with van der Waals surface area (Å²) in [6.45, 7) is 0. The smallest absolute Gasteiger partial charge is 0.182 e. The third kappa shape index (κ3) is 3.95. The van der Waals surface area contributed by atoms with Gasteiger partial charge in [0.05, 0.1) is 10.1 Å². The van der Waals surface area contributed by atoms with Crippen LogP contribution in [-0.2, 0) is 9.84 Å². The van der Waals surface area contributed by atoms with Gasteiger partial charge in [-0.3, -0.25) is 0 Å². The Balaban J connectivity index is 1.93. The predicted octanol–water partition coefficient (Wildman–Crippen LogP) is 4.85. The summed E-state index contributed by atoms with van der Waals surface area (Å²) in [6.07, 6.45) is 3.33. The second-order valence-electron chi connectivity index (χ2n) is 5.85. The standard InChI is InChI=1S/C18H20O2S3/c19-23(20,16-10-6-7-14(21)13-16)18-12-5-4-11-17(18)22-15-8-2-1-3-9-15/h1-5,8-9,11-12,14,16,21H,6-7,10,13H2. The number of hydrogen-bond acceptors (Lipinski definition) is 4. The molecule has 5 heteroatoms. The van der Waals surface area contributed by atoms with Crippen LogP contribution in [0.3, 0.4) is 0 Å². The summed E-state index contributed by atoms with van der Waals surface area (Å²) in [5.74, 6) is 0. The van der Waals surface area contributed by atoms with E-state index in [2.05, 4.69) is 12.6 Å². The van der Waals surface area contributed by atoms with Gasteiger partial charge in [0.1, 0.15) is 0 Å². The molecule has 0 radical (unpaired) electrons. The lowest BCUT2D eigenvalue weighted by atomic mass is 10.00. The van der Waals surface area contributed by atoms with Crippen molar-refractivity contribution in [3.05, 3.63) is 54.6 Å². The van der Waals surface area contributed by atoms with E-state index in [1.54, 1.807) is 6.07 Å². The van der Waals surface area contributed by atoms with Crippen molar-refractivity contribution in [1.29, 1.82) is 0 Å². The Labute approximate surface area is 148 Å². The Morgan fingerprint density at radius 3 is 2.39 bits per heavy atom. The third-order valence-electron chi connectivity index (χ3n) is 4.16. The average Bonchev–Trinajstić information content (AvgIpc) is 2.56. The molecule has 3 rings (SSSR count). The van der Waals surface area contributed by atoms with Crippen LogP contribution in [0.1, 0.15) is 25.7 Å². The summed E-state index contributed by atoms with van der Waals surface area (Å²) in [7, 11) is -3.32. The number of rotatable bonds is 4. The molecule has 0 saturated heterocycles. The monoisotopic (exact) mass is 364 g/mol. The van der Waals surface area contributed by atoms with Crippen LogP contribution >= 0.6 is 24.4 Å².